The van der Waals surface area contributed by atoms with Crippen LogP contribution in [0.4, 0.5) is 4.79 Å². The van der Waals surface area contributed by atoms with Gasteiger partial charge >= 0.3 is 6.09 Å². The van der Waals surface area contributed by atoms with Gasteiger partial charge in [0.2, 0.25) is 0 Å². The molecule has 1 saturated heterocycles. The van der Waals surface area contributed by atoms with Crippen molar-refractivity contribution in [1.82, 2.24) is 4.90 Å². The predicted molar refractivity (Wildman–Crippen MR) is 36.2 cm³/mol. The Bertz CT molecular complexity index is 161. The van der Waals surface area contributed by atoms with Gasteiger partial charge in [-0.3, -0.25) is 0 Å². The third-order valence-electron chi connectivity index (χ3n) is 1.85. The first-order valence-corrected chi connectivity index (χ1v) is 3.43. The number of rotatable bonds is 1. The number of nitrogens with zero attached hydrogens (tertiary/aromatic N) is 1. The highest BCUT2D eigenvalue weighted by Crippen LogP contribution is 2.16. The summed E-state index contributed by atoms with van der Waals surface area (Å²) in [5.41, 5.74) is 0. The zero-order valence-corrected chi connectivity index (χ0v) is 5.97. The van der Waals surface area contributed by atoms with Crippen LogP contribution >= 0.6 is 0 Å². The Hall–Kier alpha value is -0.810. The molecule has 0 aliphatic carbocycles. The SMILES string of the molecule is O=C(O)N1CC(O)CC1CO. The normalized spacial score (nSPS) is 30.9. The summed E-state index contributed by atoms with van der Waals surface area (Å²) in [4.78, 5) is 11.5. The van der Waals surface area contributed by atoms with E-state index in [0.29, 0.717) is 6.42 Å². The van der Waals surface area contributed by atoms with E-state index in [4.69, 9.17) is 15.3 Å². The maximum Gasteiger partial charge on any atom is 0.407 e. The molecule has 0 saturated carbocycles. The quantitative estimate of drug-likeness (QED) is 0.465. The molecule has 1 heterocycles. The van der Waals surface area contributed by atoms with Gasteiger partial charge in [-0.1, -0.05) is 0 Å². The molecule has 0 radical (unpaired) electrons. The number of aliphatic hydroxyl groups excluding tert-OH is 2. The number of likely N-dealkylation sites (tertiary alicyclic amines) is 1. The zero-order chi connectivity index (χ0) is 8.43. The van der Waals surface area contributed by atoms with Crippen molar-refractivity contribution in [2.45, 2.75) is 18.6 Å². The van der Waals surface area contributed by atoms with E-state index in [1.807, 2.05) is 0 Å². The Balaban J connectivity index is 2.57. The first-order valence-electron chi connectivity index (χ1n) is 3.43. The Kier molecular flexibility index (Phi) is 2.31. The van der Waals surface area contributed by atoms with Gasteiger partial charge in [0.05, 0.1) is 25.3 Å². The van der Waals surface area contributed by atoms with Crippen molar-refractivity contribution < 1.29 is 20.1 Å². The van der Waals surface area contributed by atoms with Crippen LogP contribution in [0.25, 0.3) is 0 Å². The van der Waals surface area contributed by atoms with Crippen molar-refractivity contribution in [3.05, 3.63) is 0 Å². The van der Waals surface area contributed by atoms with Crippen LogP contribution in [0, 0.1) is 0 Å². The molecule has 1 aliphatic heterocycles. The molecule has 0 aromatic rings. The second kappa shape index (κ2) is 3.06. The minimum absolute atomic E-state index is 0.112. The lowest BCUT2D eigenvalue weighted by atomic mass is 10.2. The number of hydrogen-bond acceptors (Lipinski definition) is 3. The fraction of sp³-hybridized carbons (Fsp3) is 0.833. The lowest BCUT2D eigenvalue weighted by Crippen LogP contribution is -2.36. The van der Waals surface area contributed by atoms with Gasteiger partial charge in [-0.2, -0.15) is 0 Å². The lowest BCUT2D eigenvalue weighted by molar-refractivity contribution is 0.115. The van der Waals surface area contributed by atoms with Gasteiger partial charge in [-0.25, -0.2) is 4.79 Å². The second-order valence-corrected chi connectivity index (χ2v) is 2.66. The second-order valence-electron chi connectivity index (χ2n) is 2.66. The third-order valence-corrected chi connectivity index (χ3v) is 1.85. The highest BCUT2D eigenvalue weighted by Gasteiger charge is 2.33. The summed E-state index contributed by atoms with van der Waals surface area (Å²) in [5.74, 6) is 0. The highest BCUT2D eigenvalue weighted by molar-refractivity contribution is 5.66. The summed E-state index contributed by atoms with van der Waals surface area (Å²) in [6.45, 7) is -0.107. The van der Waals surface area contributed by atoms with Gasteiger partial charge in [0.15, 0.2) is 0 Å². The van der Waals surface area contributed by atoms with Crippen LogP contribution in [0.2, 0.25) is 0 Å². The van der Waals surface area contributed by atoms with Crippen molar-refractivity contribution in [3.63, 3.8) is 0 Å². The minimum Gasteiger partial charge on any atom is -0.465 e. The third kappa shape index (κ3) is 1.61. The highest BCUT2D eigenvalue weighted by atomic mass is 16.4. The molecule has 1 rings (SSSR count). The lowest BCUT2D eigenvalue weighted by Gasteiger charge is -2.17. The van der Waals surface area contributed by atoms with Gasteiger partial charge in [0.25, 0.3) is 0 Å². The van der Waals surface area contributed by atoms with E-state index >= 15 is 0 Å². The number of amides is 1. The van der Waals surface area contributed by atoms with Crippen LogP contribution in [0.15, 0.2) is 0 Å². The first kappa shape index (κ1) is 8.29. The summed E-state index contributed by atoms with van der Waals surface area (Å²) >= 11 is 0. The van der Waals surface area contributed by atoms with Gasteiger partial charge < -0.3 is 20.2 Å². The summed E-state index contributed by atoms with van der Waals surface area (Å²) in [5, 5.41) is 26.3. The number of β-amino-alcohol motifs (C(OH)–C–C–N with tert-alkyl or cyclic N) is 1. The average Bonchev–Trinajstić information content (AvgIpc) is 2.30. The smallest absolute Gasteiger partial charge is 0.407 e. The van der Waals surface area contributed by atoms with E-state index in [0.717, 1.165) is 4.90 Å². The maximum absolute atomic E-state index is 10.4. The maximum atomic E-state index is 10.4. The summed E-state index contributed by atoms with van der Waals surface area (Å²) in [6, 6.07) is -0.428. The van der Waals surface area contributed by atoms with Gasteiger partial charge in [-0.05, 0) is 6.42 Å². The summed E-state index contributed by atoms with van der Waals surface area (Å²) in [7, 11) is 0. The summed E-state index contributed by atoms with van der Waals surface area (Å²) in [6.07, 6.45) is -1.37. The molecule has 2 atom stereocenters. The molecule has 64 valence electrons. The monoisotopic (exact) mass is 161 g/mol. The van der Waals surface area contributed by atoms with E-state index in [2.05, 4.69) is 0 Å². The van der Waals surface area contributed by atoms with Crippen molar-refractivity contribution in [2.75, 3.05) is 13.2 Å². The van der Waals surface area contributed by atoms with Crippen LogP contribution < -0.4 is 0 Å². The molecular formula is C6H11NO4. The van der Waals surface area contributed by atoms with E-state index in [9.17, 15) is 4.79 Å². The first-order chi connectivity index (χ1) is 5.15. The van der Waals surface area contributed by atoms with Gasteiger partial charge in [0, 0.05) is 0 Å². The number of carboxylic acid groups (broad SMARTS) is 1. The molecule has 5 nitrogen and oxygen atoms in total. The molecule has 0 bridgehead atoms. The van der Waals surface area contributed by atoms with Crippen LogP contribution in [0.3, 0.4) is 0 Å². The van der Waals surface area contributed by atoms with E-state index in [1.165, 1.54) is 0 Å². The molecule has 11 heavy (non-hydrogen) atoms. The van der Waals surface area contributed by atoms with E-state index in [1.54, 1.807) is 0 Å². The standard InChI is InChI=1S/C6H11NO4/c8-3-4-1-5(9)2-7(4)6(10)11/h4-5,8-9H,1-3H2,(H,10,11). The Morgan fingerprint density at radius 3 is 2.64 bits per heavy atom. The van der Waals surface area contributed by atoms with Crippen LogP contribution in [0.1, 0.15) is 6.42 Å². The molecule has 2 unspecified atom stereocenters. The fourth-order valence-corrected chi connectivity index (χ4v) is 1.30. The topological polar surface area (TPSA) is 81.0 Å². The van der Waals surface area contributed by atoms with Crippen molar-refractivity contribution >= 4 is 6.09 Å². The van der Waals surface area contributed by atoms with Gasteiger partial charge in [-0.15, -0.1) is 0 Å². The number of carbonyl (C=O) groups is 1. The average molecular weight is 161 g/mol. The Morgan fingerprint density at radius 2 is 2.27 bits per heavy atom. The molecule has 1 fully saturated rings. The summed E-state index contributed by atoms with van der Waals surface area (Å²) < 4.78 is 0. The van der Waals surface area contributed by atoms with Crippen LogP contribution in [0.5, 0.6) is 0 Å². The molecule has 0 aromatic heterocycles. The molecule has 3 N–H and O–H groups in total. The Morgan fingerprint density at radius 1 is 1.64 bits per heavy atom. The molecule has 0 aromatic carbocycles. The van der Waals surface area contributed by atoms with Crippen LogP contribution in [-0.4, -0.2) is 51.6 Å². The number of hydrogen-bond donors (Lipinski definition) is 3. The zero-order valence-electron chi connectivity index (χ0n) is 5.97. The fourth-order valence-electron chi connectivity index (χ4n) is 1.30. The van der Waals surface area contributed by atoms with E-state index < -0.39 is 18.2 Å². The minimum atomic E-state index is -1.08. The molecule has 1 amide bonds. The van der Waals surface area contributed by atoms with Crippen molar-refractivity contribution in [2.24, 2.45) is 0 Å². The molecule has 5 heteroatoms. The van der Waals surface area contributed by atoms with Crippen LogP contribution in [-0.2, 0) is 0 Å². The molecule has 1 aliphatic rings. The molecular weight excluding hydrogens is 150 g/mol. The predicted octanol–water partition coefficient (Wildman–Crippen LogP) is -0.908. The van der Waals surface area contributed by atoms with E-state index in [-0.39, 0.29) is 13.2 Å². The van der Waals surface area contributed by atoms with Gasteiger partial charge in [0.1, 0.15) is 0 Å². The van der Waals surface area contributed by atoms with Crippen molar-refractivity contribution in [3.8, 4) is 0 Å². The van der Waals surface area contributed by atoms with Crippen molar-refractivity contribution in [1.29, 1.82) is 0 Å². The Labute approximate surface area is 63.9 Å². The largest absolute Gasteiger partial charge is 0.465 e. The molecule has 0 spiro atoms. The number of aliphatic hydroxyl groups is 2.